The number of carbonyl (C=O) groups is 3. The molecule has 1 spiro atoms. The van der Waals surface area contributed by atoms with Crippen molar-refractivity contribution in [1.29, 1.82) is 0 Å². The molecular weight excluding hydrogens is 602 g/mol. The molecular formula is C36H51N3O8. The summed E-state index contributed by atoms with van der Waals surface area (Å²) in [4.78, 5) is 40.2. The average molecular weight is 654 g/mol. The maximum Gasteiger partial charge on any atom is 0.352 e. The molecule has 1 amide bonds. The first-order chi connectivity index (χ1) is 21.4. The van der Waals surface area contributed by atoms with Gasteiger partial charge in [-0.05, 0) is 64.4 Å². The molecule has 1 saturated heterocycles. The van der Waals surface area contributed by atoms with E-state index < -0.39 is 47.1 Å². The fraction of sp³-hybridized carbons (Fsp3) is 0.528. The van der Waals surface area contributed by atoms with E-state index in [2.05, 4.69) is 10.2 Å². The monoisotopic (exact) mass is 653 g/mol. The van der Waals surface area contributed by atoms with Crippen molar-refractivity contribution < 1.29 is 38.8 Å². The van der Waals surface area contributed by atoms with Gasteiger partial charge in [-0.25, -0.2) is 4.79 Å². The van der Waals surface area contributed by atoms with Crippen LogP contribution >= 0.6 is 0 Å². The minimum absolute atomic E-state index is 0. The summed E-state index contributed by atoms with van der Waals surface area (Å²) in [6, 6.07) is 12.1. The predicted octanol–water partition coefficient (Wildman–Crippen LogP) is 3.05. The number of likely N-dealkylation sites (N-methyl/N-ethyl adjacent to an activating group) is 1. The predicted molar refractivity (Wildman–Crippen MR) is 178 cm³/mol. The average Bonchev–Trinajstić information content (AvgIpc) is 3.38. The number of hydrogen-bond acceptors (Lipinski definition) is 10. The summed E-state index contributed by atoms with van der Waals surface area (Å²) in [6.07, 6.45) is 0.578. The van der Waals surface area contributed by atoms with E-state index in [9.17, 15) is 24.6 Å². The van der Waals surface area contributed by atoms with E-state index in [0.29, 0.717) is 30.7 Å². The third kappa shape index (κ3) is 6.80. The Morgan fingerprint density at radius 3 is 2.55 bits per heavy atom. The lowest BCUT2D eigenvalue weighted by Gasteiger charge is -2.58. The summed E-state index contributed by atoms with van der Waals surface area (Å²) in [5.74, 6) is -1.12. The molecule has 0 aromatic heterocycles. The quantitative estimate of drug-likeness (QED) is 0.281. The van der Waals surface area contributed by atoms with Gasteiger partial charge in [0, 0.05) is 30.1 Å². The highest BCUT2D eigenvalue weighted by molar-refractivity contribution is 5.83. The molecule has 2 aliphatic heterocycles. The first-order valence-electron chi connectivity index (χ1n) is 15.4. The lowest BCUT2D eigenvalue weighted by Crippen LogP contribution is -2.71. The maximum absolute atomic E-state index is 13.2. The van der Waals surface area contributed by atoms with Crippen LogP contribution in [0.3, 0.4) is 0 Å². The Kier molecular flexibility index (Phi) is 12.0. The third-order valence-corrected chi connectivity index (χ3v) is 9.73. The fourth-order valence-electron chi connectivity index (χ4n) is 7.08. The Morgan fingerprint density at radius 1 is 1.17 bits per heavy atom. The summed E-state index contributed by atoms with van der Waals surface area (Å²) >= 11 is 0. The van der Waals surface area contributed by atoms with E-state index in [-0.39, 0.29) is 52.6 Å². The minimum atomic E-state index is -1.24. The van der Waals surface area contributed by atoms with Gasteiger partial charge in [0.2, 0.25) is 5.91 Å². The number of fused-ring (bicyclic) bond motifs is 1. The standard InChI is InChI=1S/C34H43N3O8.2CH4/c1-20-10-11-24(19-38)29-28(20)33-15-17-37(4)22(3)34(33,42)14-12-26(30(33)45-29)44-32(41)21(2)43-27(39)13-16-36-31(40)25(35)18-23-8-6-5-7-9-23;;/h5-12,21-22,25,30,38,42H,13-19,35H2,1-4H3,(H,36,40);2*1H4/t21-,22+,25-,30-,33-,34+;;/m0../s1. The van der Waals surface area contributed by atoms with Crippen LogP contribution in [-0.4, -0.2) is 83.0 Å². The number of aryl methyl sites for hydroxylation is 1. The van der Waals surface area contributed by atoms with Crippen molar-refractivity contribution >= 4 is 17.8 Å². The second kappa shape index (κ2) is 15.0. The van der Waals surface area contributed by atoms with Crippen LogP contribution in [0, 0.1) is 6.92 Å². The van der Waals surface area contributed by atoms with Crippen molar-refractivity contribution in [1.82, 2.24) is 10.2 Å². The lowest BCUT2D eigenvalue weighted by atomic mass is 9.54. The van der Waals surface area contributed by atoms with Crippen molar-refractivity contribution in [3.63, 3.8) is 0 Å². The van der Waals surface area contributed by atoms with Crippen LogP contribution in [0.4, 0.5) is 0 Å². The molecule has 11 nitrogen and oxygen atoms in total. The molecule has 2 aromatic carbocycles. The Labute approximate surface area is 278 Å². The highest BCUT2D eigenvalue weighted by atomic mass is 16.6. The number of amides is 1. The largest absolute Gasteiger partial charge is 0.481 e. The van der Waals surface area contributed by atoms with E-state index in [1.165, 1.54) is 6.92 Å². The molecule has 2 heterocycles. The number of benzene rings is 2. The Balaban J connectivity index is 0.00000300. The van der Waals surface area contributed by atoms with Crippen LogP contribution in [0.2, 0.25) is 0 Å². The number of piperidine rings is 1. The first-order valence-corrected chi connectivity index (χ1v) is 15.4. The summed E-state index contributed by atoms with van der Waals surface area (Å²) in [6.45, 7) is 5.78. The van der Waals surface area contributed by atoms with Crippen LogP contribution in [0.5, 0.6) is 5.75 Å². The molecule has 5 rings (SSSR count). The number of nitrogens with one attached hydrogen (secondary N) is 1. The second-order valence-corrected chi connectivity index (χ2v) is 12.4. The zero-order valence-electron chi connectivity index (χ0n) is 26.2. The highest BCUT2D eigenvalue weighted by Crippen LogP contribution is 2.61. The number of likely N-dealkylation sites (tertiary alicyclic amines) is 1. The maximum atomic E-state index is 13.2. The second-order valence-electron chi connectivity index (χ2n) is 12.4. The van der Waals surface area contributed by atoms with Crippen molar-refractivity contribution in [2.45, 2.75) is 103 Å². The highest BCUT2D eigenvalue weighted by Gasteiger charge is 2.69. The molecule has 258 valence electrons. The Hall–Kier alpha value is -3.77. The summed E-state index contributed by atoms with van der Waals surface area (Å²) in [7, 11) is 1.97. The van der Waals surface area contributed by atoms with Gasteiger partial charge in [-0.2, -0.15) is 0 Å². The molecule has 11 heteroatoms. The van der Waals surface area contributed by atoms with Crippen molar-refractivity contribution in [3.8, 4) is 5.75 Å². The summed E-state index contributed by atoms with van der Waals surface area (Å²) < 4.78 is 17.7. The smallest absolute Gasteiger partial charge is 0.352 e. The number of hydrogen-bond donors (Lipinski definition) is 4. The number of nitrogens with zero attached hydrogens (tertiary/aromatic N) is 1. The fourth-order valence-corrected chi connectivity index (χ4v) is 7.08. The van der Waals surface area contributed by atoms with Gasteiger partial charge in [0.1, 0.15) is 11.5 Å². The van der Waals surface area contributed by atoms with Crippen LogP contribution in [0.1, 0.15) is 70.2 Å². The van der Waals surface area contributed by atoms with Crippen LogP contribution < -0.4 is 15.8 Å². The van der Waals surface area contributed by atoms with Gasteiger partial charge in [-0.15, -0.1) is 0 Å². The van der Waals surface area contributed by atoms with Gasteiger partial charge in [-0.3, -0.25) is 9.59 Å². The molecule has 0 radical (unpaired) electrons. The third-order valence-electron chi connectivity index (χ3n) is 9.73. The van der Waals surface area contributed by atoms with Gasteiger partial charge in [0.15, 0.2) is 12.2 Å². The Bertz CT molecular complexity index is 1480. The minimum Gasteiger partial charge on any atom is -0.481 e. The molecule has 2 aromatic rings. The molecule has 47 heavy (non-hydrogen) atoms. The van der Waals surface area contributed by atoms with Gasteiger partial charge in [-0.1, -0.05) is 57.3 Å². The Morgan fingerprint density at radius 2 is 1.87 bits per heavy atom. The zero-order valence-corrected chi connectivity index (χ0v) is 26.2. The van der Waals surface area contributed by atoms with E-state index >= 15 is 0 Å². The van der Waals surface area contributed by atoms with Gasteiger partial charge in [0.25, 0.3) is 0 Å². The lowest BCUT2D eigenvalue weighted by molar-refractivity contribution is -0.171. The van der Waals surface area contributed by atoms with E-state index in [1.807, 2.05) is 57.3 Å². The summed E-state index contributed by atoms with van der Waals surface area (Å²) in [5.41, 5.74) is 7.10. The molecule has 1 fully saturated rings. The van der Waals surface area contributed by atoms with Crippen LogP contribution in [-0.2, 0) is 42.3 Å². The molecule has 1 aliphatic carbocycles. The molecule has 6 atom stereocenters. The van der Waals surface area contributed by atoms with E-state index in [4.69, 9.17) is 19.9 Å². The van der Waals surface area contributed by atoms with E-state index in [1.54, 1.807) is 12.1 Å². The molecule has 0 unspecified atom stereocenters. The molecule has 0 bridgehead atoms. The number of aliphatic hydroxyl groups is 2. The van der Waals surface area contributed by atoms with Crippen LogP contribution in [0.25, 0.3) is 0 Å². The number of esters is 2. The first kappa shape index (κ1) is 37.7. The summed E-state index contributed by atoms with van der Waals surface area (Å²) in [5, 5.41) is 25.1. The molecule has 0 saturated carbocycles. The van der Waals surface area contributed by atoms with Gasteiger partial charge < -0.3 is 40.4 Å². The van der Waals surface area contributed by atoms with Crippen molar-refractivity contribution in [2.24, 2.45) is 5.73 Å². The number of aliphatic hydroxyl groups excluding tert-OH is 1. The number of ether oxygens (including phenoxy) is 3. The number of rotatable bonds is 10. The molecule has 5 N–H and O–H groups in total. The van der Waals surface area contributed by atoms with Gasteiger partial charge in [0.05, 0.1) is 30.1 Å². The SMILES string of the molecule is C.C.Cc1ccc(CO)c2c1[C@]13CCN(C)[C@H](C)[C@]1(O)CC=C(OC(=O)[C@H](C)OC(=O)CCNC(=O)[C@@H](N)Cc1ccccc1)[C@@H]3O2. The zero-order chi connectivity index (χ0) is 32.5. The van der Waals surface area contributed by atoms with Gasteiger partial charge >= 0.3 is 11.9 Å². The normalized spacial score (nSPS) is 25.6. The van der Waals surface area contributed by atoms with Crippen LogP contribution in [0.15, 0.2) is 54.3 Å². The topological polar surface area (TPSA) is 161 Å². The van der Waals surface area contributed by atoms with Crippen molar-refractivity contribution in [3.05, 3.63) is 76.6 Å². The number of nitrogens with two attached hydrogens (primary N) is 1. The van der Waals surface area contributed by atoms with Crippen molar-refractivity contribution in [2.75, 3.05) is 20.1 Å². The number of carbonyl (C=O) groups excluding carboxylic acids is 3. The molecule has 3 aliphatic rings. The van der Waals surface area contributed by atoms with E-state index in [0.717, 1.165) is 16.7 Å².